The van der Waals surface area contributed by atoms with Crippen LogP contribution in [0.15, 0.2) is 21.7 Å². The third-order valence-corrected chi connectivity index (χ3v) is 4.64. The number of aromatic nitrogens is 2. The Morgan fingerprint density at radius 2 is 2.12 bits per heavy atom. The Bertz CT molecular complexity index is 868. The summed E-state index contributed by atoms with van der Waals surface area (Å²) in [6.07, 6.45) is 0.658. The Balaban J connectivity index is 2.58. The highest BCUT2D eigenvalue weighted by atomic mass is 32.1. The molecule has 0 unspecified atom stereocenters. The minimum atomic E-state index is -0.687. The van der Waals surface area contributed by atoms with Gasteiger partial charge >= 0.3 is 5.69 Å². The Labute approximate surface area is 148 Å². The molecule has 0 aliphatic carbocycles. The van der Waals surface area contributed by atoms with Crippen LogP contribution in [0.25, 0.3) is 0 Å². The van der Waals surface area contributed by atoms with Gasteiger partial charge in [-0.3, -0.25) is 24.0 Å². The van der Waals surface area contributed by atoms with Crippen molar-refractivity contribution in [3.05, 3.63) is 42.7 Å². The number of ether oxygens (including phenoxy) is 1. The molecule has 2 heterocycles. The molecule has 0 saturated heterocycles. The monoisotopic (exact) mass is 366 g/mol. The molecule has 2 aromatic heterocycles. The fraction of sp³-hybridized carbons (Fsp3) is 0.438. The second-order valence-corrected chi connectivity index (χ2v) is 6.79. The zero-order chi connectivity index (χ0) is 18.6. The van der Waals surface area contributed by atoms with E-state index in [1.54, 1.807) is 6.07 Å². The first-order valence-corrected chi connectivity index (χ1v) is 8.72. The predicted octanol–water partition coefficient (Wildman–Crippen LogP) is 1.19. The van der Waals surface area contributed by atoms with Gasteiger partial charge in [0.2, 0.25) is 0 Å². The Morgan fingerprint density at radius 1 is 1.40 bits per heavy atom. The molecule has 0 bridgehead atoms. The maximum absolute atomic E-state index is 12.9. The molecule has 2 aromatic rings. The van der Waals surface area contributed by atoms with E-state index < -0.39 is 11.2 Å². The predicted molar refractivity (Wildman–Crippen MR) is 98.6 cm³/mol. The van der Waals surface area contributed by atoms with Crippen molar-refractivity contribution in [3.63, 3.8) is 0 Å². The summed E-state index contributed by atoms with van der Waals surface area (Å²) in [6.45, 7) is 4.49. The number of amides is 1. The summed E-state index contributed by atoms with van der Waals surface area (Å²) >= 11 is 1.33. The van der Waals surface area contributed by atoms with E-state index in [9.17, 15) is 14.4 Å². The van der Waals surface area contributed by atoms with Crippen LogP contribution in [0.4, 0.5) is 11.5 Å². The molecule has 9 heteroatoms. The lowest BCUT2D eigenvalue weighted by Crippen LogP contribution is -2.42. The van der Waals surface area contributed by atoms with Gasteiger partial charge in [0, 0.05) is 25.1 Å². The van der Waals surface area contributed by atoms with E-state index >= 15 is 0 Å². The average Bonchev–Trinajstić information content (AvgIpc) is 3.00. The van der Waals surface area contributed by atoms with E-state index in [1.807, 2.05) is 19.9 Å². The zero-order valence-corrected chi connectivity index (χ0v) is 15.3. The number of carbonyl (C=O) groups excluding carboxylic acids is 1. The second-order valence-electron chi connectivity index (χ2n) is 5.50. The number of H-pyrrole nitrogens is 1. The van der Waals surface area contributed by atoms with Crippen LogP contribution in [-0.2, 0) is 11.3 Å². The van der Waals surface area contributed by atoms with Crippen LogP contribution in [0.2, 0.25) is 0 Å². The van der Waals surface area contributed by atoms with Crippen molar-refractivity contribution in [2.75, 3.05) is 30.9 Å². The first-order chi connectivity index (χ1) is 11.9. The molecule has 0 saturated carbocycles. The molecule has 8 nitrogen and oxygen atoms in total. The van der Waals surface area contributed by atoms with E-state index in [1.165, 1.54) is 27.9 Å². The lowest BCUT2D eigenvalue weighted by Gasteiger charge is -2.23. The molecule has 3 N–H and O–H groups in total. The summed E-state index contributed by atoms with van der Waals surface area (Å²) in [5, 5.41) is 0. The van der Waals surface area contributed by atoms with Gasteiger partial charge in [0.05, 0.1) is 11.5 Å². The normalized spacial score (nSPS) is 10.8. The SMILES string of the molecule is CCCn1c(N)c(N(CCOC)C(=O)c2ccc(C)s2)c(=O)[nH]c1=O. The van der Waals surface area contributed by atoms with Gasteiger partial charge in [0.1, 0.15) is 5.82 Å². The van der Waals surface area contributed by atoms with Gasteiger partial charge in [-0.1, -0.05) is 6.92 Å². The summed E-state index contributed by atoms with van der Waals surface area (Å²) < 4.78 is 6.32. The van der Waals surface area contributed by atoms with Gasteiger partial charge in [-0.25, -0.2) is 4.79 Å². The number of methoxy groups -OCH3 is 1. The zero-order valence-electron chi connectivity index (χ0n) is 14.5. The summed E-state index contributed by atoms with van der Waals surface area (Å²) in [6, 6.07) is 3.53. The van der Waals surface area contributed by atoms with Crippen molar-refractivity contribution in [2.24, 2.45) is 0 Å². The molecule has 0 aliphatic rings. The fourth-order valence-corrected chi connectivity index (χ4v) is 3.28. The van der Waals surface area contributed by atoms with Crippen LogP contribution in [0.3, 0.4) is 0 Å². The molecule has 0 aromatic carbocycles. The molecule has 2 rings (SSSR count). The van der Waals surface area contributed by atoms with E-state index in [0.717, 1.165) is 4.88 Å². The van der Waals surface area contributed by atoms with Crippen molar-refractivity contribution in [1.29, 1.82) is 0 Å². The molecule has 0 spiro atoms. The molecule has 0 radical (unpaired) electrons. The molecule has 0 fully saturated rings. The van der Waals surface area contributed by atoms with E-state index in [2.05, 4.69) is 4.98 Å². The number of rotatable bonds is 7. The highest BCUT2D eigenvalue weighted by Gasteiger charge is 2.25. The van der Waals surface area contributed by atoms with Gasteiger partial charge in [0.25, 0.3) is 11.5 Å². The number of aromatic amines is 1. The van der Waals surface area contributed by atoms with Crippen LogP contribution in [0.5, 0.6) is 0 Å². The maximum Gasteiger partial charge on any atom is 0.330 e. The van der Waals surface area contributed by atoms with Crippen LogP contribution in [-0.4, -0.2) is 35.7 Å². The van der Waals surface area contributed by atoms with Crippen molar-refractivity contribution < 1.29 is 9.53 Å². The van der Waals surface area contributed by atoms with Crippen molar-refractivity contribution >= 4 is 28.7 Å². The molecular formula is C16H22N4O4S. The summed E-state index contributed by atoms with van der Waals surface area (Å²) in [5.74, 6) is -0.373. The first kappa shape index (κ1) is 18.9. The first-order valence-electron chi connectivity index (χ1n) is 7.90. The van der Waals surface area contributed by atoms with Gasteiger partial charge in [-0.05, 0) is 25.5 Å². The smallest absolute Gasteiger partial charge is 0.330 e. The number of hydrogen-bond donors (Lipinski definition) is 2. The Morgan fingerprint density at radius 3 is 2.68 bits per heavy atom. The molecule has 1 amide bonds. The van der Waals surface area contributed by atoms with E-state index in [-0.39, 0.29) is 30.6 Å². The van der Waals surface area contributed by atoms with Gasteiger partial charge in [-0.2, -0.15) is 0 Å². The van der Waals surface area contributed by atoms with Gasteiger partial charge in [0.15, 0.2) is 5.69 Å². The number of nitrogens with one attached hydrogen (secondary N) is 1. The number of nitrogens with zero attached hydrogens (tertiary/aromatic N) is 2. The Kier molecular flexibility index (Phi) is 6.16. The third kappa shape index (κ3) is 3.99. The standard InChI is InChI=1S/C16H22N4O4S/c1-4-7-20-13(17)12(14(21)18-16(20)23)19(8-9-24-3)15(22)11-6-5-10(2)25-11/h5-6H,4,7-9,17H2,1-3H3,(H,18,21,23). The number of anilines is 2. The largest absolute Gasteiger partial charge is 0.383 e. The highest BCUT2D eigenvalue weighted by molar-refractivity contribution is 7.14. The number of carbonyl (C=O) groups is 1. The second kappa shape index (κ2) is 8.13. The van der Waals surface area contributed by atoms with Crippen molar-refractivity contribution in [2.45, 2.75) is 26.8 Å². The number of thiophene rings is 1. The summed E-state index contributed by atoms with van der Waals surface area (Å²) in [7, 11) is 1.50. The Hall–Kier alpha value is -2.39. The van der Waals surface area contributed by atoms with E-state index in [0.29, 0.717) is 17.8 Å². The average molecular weight is 366 g/mol. The quantitative estimate of drug-likeness (QED) is 0.765. The van der Waals surface area contributed by atoms with Crippen LogP contribution in [0, 0.1) is 6.92 Å². The van der Waals surface area contributed by atoms with Crippen molar-refractivity contribution in [3.8, 4) is 0 Å². The minimum Gasteiger partial charge on any atom is -0.383 e. The van der Waals surface area contributed by atoms with E-state index in [4.69, 9.17) is 10.5 Å². The molecule has 136 valence electrons. The number of nitrogen functional groups attached to an aromatic ring is 1. The summed E-state index contributed by atoms with van der Waals surface area (Å²) in [5.41, 5.74) is 4.78. The maximum atomic E-state index is 12.9. The topological polar surface area (TPSA) is 110 Å². The number of nitrogens with two attached hydrogens (primary N) is 1. The van der Waals surface area contributed by atoms with Gasteiger partial charge < -0.3 is 10.5 Å². The lowest BCUT2D eigenvalue weighted by molar-refractivity contribution is 0.0979. The van der Waals surface area contributed by atoms with Crippen LogP contribution >= 0.6 is 11.3 Å². The van der Waals surface area contributed by atoms with Gasteiger partial charge in [-0.15, -0.1) is 11.3 Å². The minimum absolute atomic E-state index is 0.0201. The van der Waals surface area contributed by atoms with Crippen LogP contribution in [0.1, 0.15) is 27.9 Å². The van der Waals surface area contributed by atoms with Crippen LogP contribution < -0.4 is 21.9 Å². The molecule has 0 atom stereocenters. The third-order valence-electron chi connectivity index (χ3n) is 3.65. The lowest BCUT2D eigenvalue weighted by atomic mass is 10.3. The number of hydrogen-bond acceptors (Lipinski definition) is 6. The van der Waals surface area contributed by atoms with Crippen molar-refractivity contribution in [1.82, 2.24) is 9.55 Å². The summed E-state index contributed by atoms with van der Waals surface area (Å²) in [4.78, 5) is 42.3. The highest BCUT2D eigenvalue weighted by Crippen LogP contribution is 2.23. The fourth-order valence-electron chi connectivity index (χ4n) is 2.46. The molecular weight excluding hydrogens is 344 g/mol. The number of aryl methyl sites for hydroxylation is 1. The molecule has 25 heavy (non-hydrogen) atoms. The molecule has 0 aliphatic heterocycles.